The number of nitrogens with zero attached hydrogens (tertiary/aromatic N) is 1. The number of carbonyl (C=O) groups is 2. The maximum absolute atomic E-state index is 10.9. The van der Waals surface area contributed by atoms with Crippen molar-refractivity contribution in [3.05, 3.63) is 11.1 Å². The monoisotopic (exact) mass is 200 g/mol. The second-order valence-electron chi connectivity index (χ2n) is 2.21. The summed E-state index contributed by atoms with van der Waals surface area (Å²) in [6.07, 6.45) is 0. The Kier molecular flexibility index (Phi) is 2.97. The first-order chi connectivity index (χ1) is 6.13. The zero-order chi connectivity index (χ0) is 9.84. The Morgan fingerprint density at radius 3 is 2.85 bits per heavy atom. The van der Waals surface area contributed by atoms with Crippen LogP contribution in [-0.4, -0.2) is 24.0 Å². The lowest BCUT2D eigenvalue weighted by atomic mass is 10.5. The smallest absolute Gasteiger partial charge is 0.357 e. The number of ether oxygens (including phenoxy) is 1. The normalized spacial score (nSPS) is 9.38. The second kappa shape index (κ2) is 3.99. The summed E-state index contributed by atoms with van der Waals surface area (Å²) in [5, 5.41) is 4.39. The maximum Gasteiger partial charge on any atom is 0.357 e. The van der Waals surface area contributed by atoms with Crippen LogP contribution in [0.3, 0.4) is 0 Å². The van der Waals surface area contributed by atoms with Crippen molar-refractivity contribution in [2.75, 3.05) is 12.4 Å². The number of anilines is 1. The van der Waals surface area contributed by atoms with Crippen molar-refractivity contribution in [3.63, 3.8) is 0 Å². The summed E-state index contributed by atoms with van der Waals surface area (Å²) in [5.41, 5.74) is 0.205. The average molecular weight is 200 g/mol. The van der Waals surface area contributed by atoms with E-state index >= 15 is 0 Å². The fourth-order valence-corrected chi connectivity index (χ4v) is 1.41. The molecule has 0 spiro atoms. The van der Waals surface area contributed by atoms with Crippen LogP contribution in [0.1, 0.15) is 17.4 Å². The molecule has 0 aliphatic rings. The molecular weight excluding hydrogens is 192 g/mol. The highest BCUT2D eigenvalue weighted by Gasteiger charge is 2.10. The van der Waals surface area contributed by atoms with E-state index in [0.717, 1.165) is 0 Å². The fourth-order valence-electron chi connectivity index (χ4n) is 0.680. The molecule has 1 amide bonds. The van der Waals surface area contributed by atoms with Crippen molar-refractivity contribution in [3.8, 4) is 0 Å². The summed E-state index contributed by atoms with van der Waals surface area (Å²) in [6, 6.07) is 0. The summed E-state index contributed by atoms with van der Waals surface area (Å²) in [7, 11) is 1.28. The van der Waals surface area contributed by atoms with Crippen LogP contribution in [-0.2, 0) is 9.53 Å². The fraction of sp³-hybridized carbons (Fsp3) is 0.286. The van der Waals surface area contributed by atoms with E-state index in [0.29, 0.717) is 5.13 Å². The molecule has 70 valence electrons. The van der Waals surface area contributed by atoms with E-state index in [2.05, 4.69) is 15.0 Å². The summed E-state index contributed by atoms with van der Waals surface area (Å²) < 4.78 is 4.45. The summed E-state index contributed by atoms with van der Waals surface area (Å²) in [4.78, 5) is 25.4. The lowest BCUT2D eigenvalue weighted by Gasteiger charge is -1.93. The highest BCUT2D eigenvalue weighted by Crippen LogP contribution is 2.15. The minimum Gasteiger partial charge on any atom is -0.464 e. The standard InChI is InChI=1S/C7H8N2O3S/c1-4(10)8-7-9-5(3-13-7)6(11)12-2/h3H,1-2H3,(H,8,9,10). The Labute approximate surface area is 78.7 Å². The molecule has 1 heterocycles. The Hall–Kier alpha value is -1.43. The lowest BCUT2D eigenvalue weighted by molar-refractivity contribution is -0.114. The van der Waals surface area contributed by atoms with Gasteiger partial charge in [0.1, 0.15) is 0 Å². The Bertz CT molecular complexity index is 334. The second-order valence-corrected chi connectivity index (χ2v) is 3.07. The molecule has 0 radical (unpaired) electrons. The maximum atomic E-state index is 10.9. The van der Waals surface area contributed by atoms with Gasteiger partial charge >= 0.3 is 5.97 Å². The molecule has 0 unspecified atom stereocenters. The van der Waals surface area contributed by atoms with Gasteiger partial charge in [0.25, 0.3) is 0 Å². The molecule has 0 saturated heterocycles. The number of esters is 1. The van der Waals surface area contributed by atoms with E-state index in [1.807, 2.05) is 0 Å². The third-order valence-electron chi connectivity index (χ3n) is 1.18. The van der Waals surface area contributed by atoms with Crippen LogP contribution in [0.5, 0.6) is 0 Å². The van der Waals surface area contributed by atoms with E-state index in [1.54, 1.807) is 0 Å². The number of rotatable bonds is 2. The first kappa shape index (κ1) is 9.66. The van der Waals surface area contributed by atoms with Gasteiger partial charge < -0.3 is 10.1 Å². The number of methoxy groups -OCH3 is 1. The van der Waals surface area contributed by atoms with Crippen molar-refractivity contribution in [2.45, 2.75) is 6.92 Å². The number of thiazole rings is 1. The molecule has 6 heteroatoms. The minimum atomic E-state index is -0.507. The van der Waals surface area contributed by atoms with Gasteiger partial charge in [-0.1, -0.05) is 0 Å². The van der Waals surface area contributed by atoms with E-state index in [1.165, 1.54) is 30.8 Å². The summed E-state index contributed by atoms with van der Waals surface area (Å²) in [5.74, 6) is -0.724. The first-order valence-corrected chi connectivity index (χ1v) is 4.33. The zero-order valence-corrected chi connectivity index (χ0v) is 7.97. The van der Waals surface area contributed by atoms with Crippen molar-refractivity contribution in [1.82, 2.24) is 4.98 Å². The molecular formula is C7H8N2O3S. The van der Waals surface area contributed by atoms with Gasteiger partial charge in [-0.15, -0.1) is 11.3 Å². The highest BCUT2D eigenvalue weighted by atomic mass is 32.1. The van der Waals surface area contributed by atoms with Gasteiger partial charge in [-0.3, -0.25) is 4.79 Å². The first-order valence-electron chi connectivity index (χ1n) is 3.45. The zero-order valence-electron chi connectivity index (χ0n) is 7.16. The Morgan fingerprint density at radius 1 is 1.62 bits per heavy atom. The van der Waals surface area contributed by atoms with E-state index in [9.17, 15) is 9.59 Å². The number of nitrogens with one attached hydrogen (secondary N) is 1. The van der Waals surface area contributed by atoms with Gasteiger partial charge in [0, 0.05) is 12.3 Å². The molecule has 1 N–H and O–H groups in total. The molecule has 0 aliphatic carbocycles. The predicted octanol–water partition coefficient (Wildman–Crippen LogP) is 0.888. The third-order valence-corrected chi connectivity index (χ3v) is 1.94. The number of aromatic nitrogens is 1. The topological polar surface area (TPSA) is 68.3 Å². The van der Waals surface area contributed by atoms with E-state index in [4.69, 9.17) is 0 Å². The van der Waals surface area contributed by atoms with E-state index in [-0.39, 0.29) is 11.6 Å². The molecule has 0 atom stereocenters. The van der Waals surface area contributed by atoms with Crippen LogP contribution in [0.15, 0.2) is 5.38 Å². The molecule has 0 fully saturated rings. The number of hydrogen-bond acceptors (Lipinski definition) is 5. The SMILES string of the molecule is COC(=O)c1csc(NC(C)=O)n1. The Balaban J connectivity index is 2.74. The largest absolute Gasteiger partial charge is 0.464 e. The molecule has 0 aromatic carbocycles. The number of amides is 1. The van der Waals surface area contributed by atoms with Crippen LogP contribution in [0, 0.1) is 0 Å². The van der Waals surface area contributed by atoms with Crippen LogP contribution in [0.25, 0.3) is 0 Å². The molecule has 1 rings (SSSR count). The van der Waals surface area contributed by atoms with Gasteiger partial charge in [-0.05, 0) is 0 Å². The predicted molar refractivity (Wildman–Crippen MR) is 47.8 cm³/mol. The summed E-state index contributed by atoms with van der Waals surface area (Å²) >= 11 is 1.18. The van der Waals surface area contributed by atoms with Crippen molar-refractivity contribution in [1.29, 1.82) is 0 Å². The van der Waals surface area contributed by atoms with Crippen LogP contribution < -0.4 is 5.32 Å². The molecule has 0 aliphatic heterocycles. The van der Waals surface area contributed by atoms with Crippen LogP contribution in [0.2, 0.25) is 0 Å². The molecule has 0 bridgehead atoms. The van der Waals surface area contributed by atoms with Gasteiger partial charge in [-0.25, -0.2) is 9.78 Å². The third kappa shape index (κ3) is 2.51. The molecule has 13 heavy (non-hydrogen) atoms. The molecule has 1 aromatic rings. The Morgan fingerprint density at radius 2 is 2.31 bits per heavy atom. The number of carbonyl (C=O) groups excluding carboxylic acids is 2. The minimum absolute atomic E-state index is 0.205. The van der Waals surface area contributed by atoms with Crippen molar-refractivity contribution >= 4 is 28.3 Å². The van der Waals surface area contributed by atoms with Crippen LogP contribution in [0.4, 0.5) is 5.13 Å². The lowest BCUT2D eigenvalue weighted by Crippen LogP contribution is -2.06. The van der Waals surface area contributed by atoms with Crippen molar-refractivity contribution in [2.24, 2.45) is 0 Å². The molecule has 0 saturated carbocycles. The number of hydrogen-bond donors (Lipinski definition) is 1. The van der Waals surface area contributed by atoms with Gasteiger partial charge in [0.15, 0.2) is 10.8 Å². The van der Waals surface area contributed by atoms with Gasteiger partial charge in [0.05, 0.1) is 7.11 Å². The quantitative estimate of drug-likeness (QED) is 0.720. The van der Waals surface area contributed by atoms with E-state index < -0.39 is 5.97 Å². The van der Waals surface area contributed by atoms with Crippen LogP contribution >= 0.6 is 11.3 Å². The summed E-state index contributed by atoms with van der Waals surface area (Å²) in [6.45, 7) is 1.37. The van der Waals surface area contributed by atoms with Gasteiger partial charge in [-0.2, -0.15) is 0 Å². The van der Waals surface area contributed by atoms with Crippen molar-refractivity contribution < 1.29 is 14.3 Å². The van der Waals surface area contributed by atoms with Gasteiger partial charge in [0.2, 0.25) is 5.91 Å². The highest BCUT2D eigenvalue weighted by molar-refractivity contribution is 7.14. The molecule has 5 nitrogen and oxygen atoms in total. The molecule has 1 aromatic heterocycles. The average Bonchev–Trinajstić information content (AvgIpc) is 2.50.